The zero-order valence-corrected chi connectivity index (χ0v) is 15.1. The zero-order valence-electron chi connectivity index (χ0n) is 15.1. The molecule has 0 unspecified atom stereocenters. The number of carbonyl (C=O) groups is 1. The van der Waals surface area contributed by atoms with Crippen LogP contribution in [0, 0.1) is 0 Å². The molecule has 140 valence electrons. The average Bonchev–Trinajstić information content (AvgIpc) is 3.12. The molecule has 0 atom stereocenters. The Morgan fingerprint density at radius 1 is 1.31 bits per heavy atom. The summed E-state index contributed by atoms with van der Waals surface area (Å²) in [4.78, 5) is 20.7. The van der Waals surface area contributed by atoms with Gasteiger partial charge in [0.1, 0.15) is 5.82 Å². The fourth-order valence-electron chi connectivity index (χ4n) is 2.88. The van der Waals surface area contributed by atoms with Gasteiger partial charge in [0.2, 0.25) is 5.89 Å². The molecule has 0 aliphatic heterocycles. The van der Waals surface area contributed by atoms with Crippen LogP contribution >= 0.6 is 0 Å². The quantitative estimate of drug-likeness (QED) is 0.725. The topological polar surface area (TPSA) is 113 Å². The predicted molar refractivity (Wildman–Crippen MR) is 95.7 cm³/mol. The van der Waals surface area contributed by atoms with Crippen molar-refractivity contribution in [1.82, 2.24) is 20.4 Å². The summed E-state index contributed by atoms with van der Waals surface area (Å²) in [6.45, 7) is 4.14. The first-order valence-corrected chi connectivity index (χ1v) is 9.02. The summed E-state index contributed by atoms with van der Waals surface area (Å²) in [5.74, 6) is 1.67. The number of anilines is 1. The van der Waals surface area contributed by atoms with Gasteiger partial charge in [-0.2, -0.15) is 4.98 Å². The molecule has 2 heterocycles. The lowest BCUT2D eigenvalue weighted by Crippen LogP contribution is -2.28. The molecule has 1 amide bonds. The Kier molecular flexibility index (Phi) is 5.82. The molecule has 0 bridgehead atoms. The van der Waals surface area contributed by atoms with Crippen LogP contribution < -0.4 is 10.6 Å². The maximum Gasteiger partial charge on any atom is 0.253 e. The van der Waals surface area contributed by atoms with E-state index in [1.807, 2.05) is 13.8 Å². The van der Waals surface area contributed by atoms with Crippen molar-refractivity contribution in [2.75, 3.05) is 5.32 Å². The predicted octanol–water partition coefficient (Wildman–Crippen LogP) is 2.23. The van der Waals surface area contributed by atoms with Crippen LogP contribution in [0.15, 0.2) is 22.9 Å². The van der Waals surface area contributed by atoms with E-state index in [0.29, 0.717) is 23.3 Å². The first-order valence-electron chi connectivity index (χ1n) is 9.02. The molecule has 2 aromatic rings. The maximum atomic E-state index is 12.2. The van der Waals surface area contributed by atoms with Gasteiger partial charge in [0, 0.05) is 18.2 Å². The average molecular weight is 359 g/mol. The molecule has 0 saturated heterocycles. The second-order valence-corrected chi connectivity index (χ2v) is 6.97. The lowest BCUT2D eigenvalue weighted by Gasteiger charge is -2.26. The Balaban J connectivity index is 1.50. The van der Waals surface area contributed by atoms with Crippen molar-refractivity contribution in [3.05, 3.63) is 35.6 Å². The minimum absolute atomic E-state index is 0.156. The fourth-order valence-corrected chi connectivity index (χ4v) is 2.88. The number of nitrogens with zero attached hydrogens (tertiary/aromatic N) is 3. The Labute approximate surface area is 152 Å². The highest BCUT2D eigenvalue weighted by atomic mass is 16.5. The number of hydrogen-bond acceptors (Lipinski definition) is 7. The minimum Gasteiger partial charge on any atom is -0.393 e. The largest absolute Gasteiger partial charge is 0.393 e. The summed E-state index contributed by atoms with van der Waals surface area (Å²) >= 11 is 0. The molecule has 2 aromatic heterocycles. The van der Waals surface area contributed by atoms with Crippen LogP contribution in [0.5, 0.6) is 0 Å². The van der Waals surface area contributed by atoms with Crippen molar-refractivity contribution >= 4 is 11.7 Å². The van der Waals surface area contributed by atoms with E-state index in [-0.39, 0.29) is 24.5 Å². The normalized spacial score (nSPS) is 20.2. The van der Waals surface area contributed by atoms with Crippen LogP contribution in [0.25, 0.3) is 0 Å². The molecule has 26 heavy (non-hydrogen) atoms. The first-order chi connectivity index (χ1) is 12.5. The van der Waals surface area contributed by atoms with Crippen molar-refractivity contribution in [2.45, 2.75) is 64.1 Å². The highest BCUT2D eigenvalue weighted by Crippen LogP contribution is 2.21. The van der Waals surface area contributed by atoms with E-state index in [2.05, 4.69) is 25.8 Å². The Hall–Kier alpha value is -2.48. The maximum absolute atomic E-state index is 12.2. The number of rotatable bonds is 6. The SMILES string of the molecule is CC(C)c1nc(CNC(=O)c2ccc(NC3CCC(O)CC3)nc2)no1. The zero-order chi connectivity index (χ0) is 18.5. The van der Waals surface area contributed by atoms with Gasteiger partial charge in [-0.15, -0.1) is 0 Å². The lowest BCUT2D eigenvalue weighted by atomic mass is 9.93. The van der Waals surface area contributed by atoms with Crippen molar-refractivity contribution in [2.24, 2.45) is 0 Å². The van der Waals surface area contributed by atoms with Crippen molar-refractivity contribution in [1.29, 1.82) is 0 Å². The van der Waals surface area contributed by atoms with Gasteiger partial charge in [-0.3, -0.25) is 4.79 Å². The molecule has 1 aliphatic carbocycles. The van der Waals surface area contributed by atoms with Crippen LogP contribution in [-0.2, 0) is 6.54 Å². The molecule has 0 aromatic carbocycles. The van der Waals surface area contributed by atoms with E-state index < -0.39 is 0 Å². The third kappa shape index (κ3) is 4.78. The summed E-state index contributed by atoms with van der Waals surface area (Å²) in [7, 11) is 0. The van der Waals surface area contributed by atoms with Crippen LogP contribution in [0.1, 0.15) is 67.5 Å². The molecule has 1 fully saturated rings. The third-order valence-corrected chi connectivity index (χ3v) is 4.46. The van der Waals surface area contributed by atoms with Gasteiger partial charge in [0.15, 0.2) is 5.82 Å². The standard InChI is InChI=1S/C18H25N5O3/c1-11(2)18-22-16(23-26-18)10-20-17(25)12-3-8-15(19-9-12)21-13-4-6-14(24)7-5-13/h3,8-9,11,13-14,24H,4-7,10H2,1-2H3,(H,19,21)(H,20,25). The highest BCUT2D eigenvalue weighted by molar-refractivity contribution is 5.93. The number of nitrogens with one attached hydrogen (secondary N) is 2. The van der Waals surface area contributed by atoms with E-state index in [1.54, 1.807) is 18.3 Å². The molecule has 1 aliphatic rings. The van der Waals surface area contributed by atoms with E-state index in [9.17, 15) is 9.90 Å². The lowest BCUT2D eigenvalue weighted by molar-refractivity contribution is 0.0949. The monoisotopic (exact) mass is 359 g/mol. The number of aliphatic hydroxyl groups excluding tert-OH is 1. The first kappa shape index (κ1) is 18.3. The Morgan fingerprint density at radius 2 is 2.08 bits per heavy atom. The number of carbonyl (C=O) groups excluding carboxylic acids is 1. The number of amides is 1. The van der Waals surface area contributed by atoms with Gasteiger partial charge in [-0.1, -0.05) is 19.0 Å². The Morgan fingerprint density at radius 3 is 2.69 bits per heavy atom. The van der Waals surface area contributed by atoms with Gasteiger partial charge >= 0.3 is 0 Å². The molecule has 0 spiro atoms. The smallest absolute Gasteiger partial charge is 0.253 e. The molecule has 8 nitrogen and oxygen atoms in total. The molecular formula is C18H25N5O3. The van der Waals surface area contributed by atoms with Gasteiger partial charge < -0.3 is 20.3 Å². The Bertz CT molecular complexity index is 721. The molecular weight excluding hydrogens is 334 g/mol. The number of aromatic nitrogens is 3. The van der Waals surface area contributed by atoms with Crippen LogP contribution in [0.2, 0.25) is 0 Å². The molecule has 3 N–H and O–H groups in total. The summed E-state index contributed by atoms with van der Waals surface area (Å²) in [6, 6.07) is 3.85. The van der Waals surface area contributed by atoms with Crippen molar-refractivity contribution in [3.63, 3.8) is 0 Å². The summed E-state index contributed by atoms with van der Waals surface area (Å²) < 4.78 is 5.11. The number of pyridine rings is 1. The van der Waals surface area contributed by atoms with Gasteiger partial charge in [0.05, 0.1) is 18.2 Å². The molecule has 1 saturated carbocycles. The third-order valence-electron chi connectivity index (χ3n) is 4.46. The summed E-state index contributed by atoms with van der Waals surface area (Å²) in [5.41, 5.74) is 0.474. The molecule has 0 radical (unpaired) electrons. The van der Waals surface area contributed by atoms with E-state index in [1.165, 1.54) is 0 Å². The minimum atomic E-state index is -0.235. The van der Waals surface area contributed by atoms with Crippen LogP contribution in [0.4, 0.5) is 5.82 Å². The van der Waals surface area contributed by atoms with Crippen molar-refractivity contribution in [3.8, 4) is 0 Å². The summed E-state index contributed by atoms with van der Waals surface area (Å²) in [5, 5.41) is 19.5. The van der Waals surface area contributed by atoms with Gasteiger partial charge in [-0.05, 0) is 37.8 Å². The second kappa shape index (κ2) is 8.27. The van der Waals surface area contributed by atoms with Gasteiger partial charge in [-0.25, -0.2) is 4.98 Å². The summed E-state index contributed by atoms with van der Waals surface area (Å²) in [6.07, 6.45) is 4.84. The molecule has 8 heteroatoms. The van der Waals surface area contributed by atoms with Crippen LogP contribution in [0.3, 0.4) is 0 Å². The fraction of sp³-hybridized carbons (Fsp3) is 0.556. The molecule has 3 rings (SSSR count). The van der Waals surface area contributed by atoms with Crippen LogP contribution in [-0.4, -0.2) is 38.3 Å². The van der Waals surface area contributed by atoms with Gasteiger partial charge in [0.25, 0.3) is 5.91 Å². The second-order valence-electron chi connectivity index (χ2n) is 6.97. The highest BCUT2D eigenvalue weighted by Gasteiger charge is 2.19. The van der Waals surface area contributed by atoms with Crippen molar-refractivity contribution < 1.29 is 14.4 Å². The number of aliphatic hydroxyl groups is 1. The van der Waals surface area contributed by atoms with E-state index >= 15 is 0 Å². The van der Waals surface area contributed by atoms with E-state index in [4.69, 9.17) is 4.52 Å². The number of hydrogen-bond donors (Lipinski definition) is 3. The van der Waals surface area contributed by atoms with E-state index in [0.717, 1.165) is 31.5 Å².